The second kappa shape index (κ2) is 19.7. The fourth-order valence-corrected chi connectivity index (χ4v) is 3.14. The lowest BCUT2D eigenvalue weighted by Gasteiger charge is -2.14. The summed E-state index contributed by atoms with van der Waals surface area (Å²) in [5.74, 6) is 0. The van der Waals surface area contributed by atoms with Crippen molar-refractivity contribution in [3.05, 3.63) is 116 Å². The Morgan fingerprint density at radius 1 is 0.762 bits per heavy atom. The van der Waals surface area contributed by atoms with Crippen LogP contribution in [-0.2, 0) is 4.84 Å². The monoisotopic (exact) mass is 583 g/mol. The highest BCUT2D eigenvalue weighted by Gasteiger charge is 2.08. The van der Waals surface area contributed by atoms with Crippen molar-refractivity contribution in [1.29, 1.82) is 5.26 Å². The van der Waals surface area contributed by atoms with Crippen LogP contribution in [0.1, 0.15) is 27.7 Å². The minimum absolute atomic E-state index is 0.369. The predicted molar refractivity (Wildman–Crippen MR) is 175 cm³/mol. The van der Waals surface area contributed by atoms with E-state index in [1.54, 1.807) is 6.07 Å². The summed E-state index contributed by atoms with van der Waals surface area (Å²) in [4.78, 5) is 12.5. The van der Waals surface area contributed by atoms with E-state index in [1.807, 2.05) is 113 Å². The van der Waals surface area contributed by atoms with E-state index in [2.05, 4.69) is 46.9 Å². The lowest BCUT2D eigenvalue weighted by atomic mass is 10.1. The summed E-state index contributed by atoms with van der Waals surface area (Å²) in [6, 6.07) is 29.3. The molecule has 0 radical (unpaired) electrons. The van der Waals surface area contributed by atoms with Crippen LogP contribution in [0.4, 0.5) is 11.4 Å². The Bertz CT molecular complexity index is 1570. The molecule has 0 saturated carbocycles. The highest BCUT2D eigenvalue weighted by atomic mass is 28.3. The largest absolute Gasteiger partial charge is 0.428 e. The van der Waals surface area contributed by atoms with Crippen LogP contribution < -0.4 is 5.73 Å². The van der Waals surface area contributed by atoms with Crippen molar-refractivity contribution in [2.24, 2.45) is 15.2 Å². The summed E-state index contributed by atoms with van der Waals surface area (Å²) < 4.78 is 3.58. The van der Waals surface area contributed by atoms with E-state index in [0.717, 1.165) is 21.8 Å². The number of fused-ring (bicyclic) bond motifs is 2. The molecule has 0 aliphatic heterocycles. The molecule has 4 aromatic rings. The van der Waals surface area contributed by atoms with Gasteiger partial charge < -0.3 is 10.6 Å². The number of nitrogens with zero attached hydrogens (tertiary/aromatic N) is 10. The van der Waals surface area contributed by atoms with E-state index in [-0.39, 0.29) is 5.60 Å². The SMILES string of the molecule is CC#N.CC(C)(C)ON=[N+]=[N-].C[Si](C)(C)N=[N+]=[N-].Nc1cccc2ccccc12.[N-]=[N+]=Nc1cccc2ccccc12. The van der Waals surface area contributed by atoms with Crippen molar-refractivity contribution in [2.45, 2.75) is 52.9 Å². The number of nitrogens with two attached hydrogens (primary N) is 1. The molecule has 2 N–H and O–H groups in total. The lowest BCUT2D eigenvalue weighted by Crippen LogP contribution is -2.14. The van der Waals surface area contributed by atoms with E-state index in [4.69, 9.17) is 27.6 Å². The van der Waals surface area contributed by atoms with Gasteiger partial charge in [0.25, 0.3) is 0 Å². The fraction of sp³-hybridized carbons (Fsp3) is 0.276. The Morgan fingerprint density at radius 3 is 1.64 bits per heavy atom. The maximum atomic E-state index is 8.34. The molecular weight excluding hydrogens is 546 g/mol. The molecule has 0 spiro atoms. The van der Waals surface area contributed by atoms with Crippen LogP contribution in [0.5, 0.6) is 0 Å². The van der Waals surface area contributed by atoms with Gasteiger partial charge in [0.05, 0.1) is 6.07 Å². The minimum Gasteiger partial charge on any atom is -0.428 e. The van der Waals surface area contributed by atoms with Crippen LogP contribution >= 0.6 is 0 Å². The zero-order valence-corrected chi connectivity index (χ0v) is 26.0. The van der Waals surface area contributed by atoms with Gasteiger partial charge in [-0.3, -0.25) is 0 Å². The first-order chi connectivity index (χ1) is 19.8. The van der Waals surface area contributed by atoms with Gasteiger partial charge in [0, 0.05) is 33.5 Å². The molecule has 12 nitrogen and oxygen atoms in total. The first-order valence-electron chi connectivity index (χ1n) is 12.7. The van der Waals surface area contributed by atoms with E-state index in [0.29, 0.717) is 5.69 Å². The summed E-state index contributed by atoms with van der Waals surface area (Å²) in [6.07, 6.45) is 0. The average molecular weight is 584 g/mol. The van der Waals surface area contributed by atoms with Gasteiger partial charge in [-0.15, -0.1) is 4.78 Å². The molecule has 0 unspecified atom stereocenters. The van der Waals surface area contributed by atoms with Crippen molar-refractivity contribution in [1.82, 2.24) is 0 Å². The molecule has 0 saturated heterocycles. The normalized spacial score (nSPS) is 9.38. The highest BCUT2D eigenvalue weighted by Crippen LogP contribution is 2.25. The van der Waals surface area contributed by atoms with Gasteiger partial charge >= 0.3 is 0 Å². The molecular formula is C29H37N11OSi. The second-order valence-electron chi connectivity index (χ2n) is 10.2. The Morgan fingerprint density at radius 2 is 1.24 bits per heavy atom. The zero-order chi connectivity index (χ0) is 32.0. The number of nitriles is 1. The fourth-order valence-electron chi connectivity index (χ4n) is 2.87. The predicted octanol–water partition coefficient (Wildman–Crippen LogP) is 10.9. The van der Waals surface area contributed by atoms with E-state index in [1.165, 1.54) is 12.3 Å². The van der Waals surface area contributed by atoms with Gasteiger partial charge in [0.1, 0.15) is 19.1 Å². The van der Waals surface area contributed by atoms with Gasteiger partial charge in [-0.1, -0.05) is 104 Å². The number of nitrogen functional groups attached to an aromatic ring is 1. The van der Waals surface area contributed by atoms with Crippen molar-refractivity contribution in [3.8, 4) is 6.07 Å². The van der Waals surface area contributed by atoms with Gasteiger partial charge in [-0.25, -0.2) is 0 Å². The number of benzene rings is 4. The summed E-state index contributed by atoms with van der Waals surface area (Å²) in [7, 11) is -1.45. The molecule has 0 atom stereocenters. The Labute approximate surface area is 247 Å². The first-order valence-corrected chi connectivity index (χ1v) is 16.1. The molecule has 0 aliphatic rings. The minimum atomic E-state index is -1.45. The van der Waals surface area contributed by atoms with E-state index < -0.39 is 8.24 Å². The van der Waals surface area contributed by atoms with Crippen molar-refractivity contribution >= 4 is 41.2 Å². The summed E-state index contributed by atoms with van der Waals surface area (Å²) in [5.41, 5.74) is 30.9. The van der Waals surface area contributed by atoms with Crippen LogP contribution in [0.25, 0.3) is 52.9 Å². The van der Waals surface area contributed by atoms with Gasteiger partial charge in [0.2, 0.25) is 0 Å². The zero-order valence-electron chi connectivity index (χ0n) is 25.0. The molecule has 0 heterocycles. The smallest absolute Gasteiger partial charge is 0.146 e. The molecule has 0 amide bonds. The quantitative estimate of drug-likeness (QED) is 0.0623. The number of hydrogen-bond donors (Lipinski definition) is 1. The maximum Gasteiger partial charge on any atom is 0.146 e. The molecule has 218 valence electrons. The summed E-state index contributed by atoms with van der Waals surface area (Å²) in [6.45, 7) is 12.8. The van der Waals surface area contributed by atoms with Crippen molar-refractivity contribution in [3.63, 3.8) is 0 Å². The van der Waals surface area contributed by atoms with Crippen molar-refractivity contribution < 1.29 is 4.84 Å². The second-order valence-corrected chi connectivity index (χ2v) is 14.8. The van der Waals surface area contributed by atoms with Crippen LogP contribution in [0.3, 0.4) is 0 Å². The third kappa shape index (κ3) is 16.6. The van der Waals surface area contributed by atoms with Gasteiger partial charge in [0.15, 0.2) is 0 Å². The van der Waals surface area contributed by atoms with Crippen LogP contribution in [0, 0.1) is 11.3 Å². The van der Waals surface area contributed by atoms with E-state index in [9.17, 15) is 0 Å². The molecule has 0 bridgehead atoms. The van der Waals surface area contributed by atoms with Crippen LogP contribution in [-0.4, -0.2) is 13.8 Å². The summed E-state index contributed by atoms with van der Waals surface area (Å²) >= 11 is 0. The third-order valence-corrected chi connectivity index (χ3v) is 5.13. The lowest BCUT2D eigenvalue weighted by molar-refractivity contribution is -0.00307. The molecule has 0 aliphatic carbocycles. The van der Waals surface area contributed by atoms with Gasteiger partial charge in [-0.05, 0) is 64.5 Å². The maximum absolute atomic E-state index is 8.34. The third-order valence-electron chi connectivity index (χ3n) is 4.44. The Balaban J connectivity index is 0.000000532. The van der Waals surface area contributed by atoms with Crippen LogP contribution in [0.15, 0.2) is 100 Å². The number of rotatable bonds is 3. The topological polar surface area (TPSA) is 205 Å². The number of anilines is 1. The average Bonchev–Trinajstić information content (AvgIpc) is 2.93. The molecule has 0 fully saturated rings. The molecule has 0 aromatic heterocycles. The Hall–Kier alpha value is -5.36. The Kier molecular flexibility index (Phi) is 17.1. The molecule has 4 rings (SSSR count). The summed E-state index contributed by atoms with van der Waals surface area (Å²) in [5, 5.41) is 18.3. The molecule has 4 aromatic carbocycles. The standard InChI is InChI=1S/C10H7N3.C10H9N.C4H9N3O.C3H9N3Si.C2H3N/c11-13-12-10-7-3-5-8-4-1-2-6-9(8)10;11-10-7-3-5-8-4-1-2-6-9(8)10;1-4(2,3)8-7-6-5;1-7(2,3)6-5-4;1-2-3/h1-7H;1-7H,11H2;1-3H3;1-3H3;1H3. The molecule has 42 heavy (non-hydrogen) atoms. The number of hydrogen-bond acceptors (Lipinski definition) is 6. The van der Waals surface area contributed by atoms with Crippen molar-refractivity contribution in [2.75, 3.05) is 5.73 Å². The number of azide groups is 3. The van der Waals surface area contributed by atoms with Crippen LogP contribution in [0.2, 0.25) is 19.6 Å². The molecule has 13 heteroatoms. The van der Waals surface area contributed by atoms with E-state index >= 15 is 0 Å². The first kappa shape index (κ1) is 36.6. The highest BCUT2D eigenvalue weighted by molar-refractivity contribution is 6.74. The van der Waals surface area contributed by atoms with Gasteiger partial charge in [-0.2, -0.15) is 5.26 Å².